The number of aromatic nitrogens is 3. The summed E-state index contributed by atoms with van der Waals surface area (Å²) in [5.41, 5.74) is 4.33. The largest absolute Gasteiger partial charge is 0.219 e. The summed E-state index contributed by atoms with van der Waals surface area (Å²) in [6.45, 7) is 4.14. The zero-order valence-electron chi connectivity index (χ0n) is 9.74. The van der Waals surface area contributed by atoms with E-state index in [4.69, 9.17) is 11.6 Å². The van der Waals surface area contributed by atoms with Crippen LogP contribution in [0.5, 0.6) is 0 Å². The van der Waals surface area contributed by atoms with E-state index >= 15 is 0 Å². The van der Waals surface area contributed by atoms with Gasteiger partial charge in [-0.1, -0.05) is 11.3 Å². The summed E-state index contributed by atoms with van der Waals surface area (Å²) in [4.78, 5) is 0. The molecule has 5 heteroatoms. The van der Waals surface area contributed by atoms with E-state index in [2.05, 4.69) is 52.2 Å². The van der Waals surface area contributed by atoms with Crippen molar-refractivity contribution in [1.29, 1.82) is 0 Å². The maximum atomic E-state index is 5.69. The van der Waals surface area contributed by atoms with Gasteiger partial charge in [0.1, 0.15) is 0 Å². The molecular formula is C12H13BrClN3. The minimum absolute atomic E-state index is 0.562. The van der Waals surface area contributed by atoms with E-state index in [9.17, 15) is 0 Å². The fourth-order valence-corrected chi connectivity index (χ4v) is 2.87. The van der Waals surface area contributed by atoms with Gasteiger partial charge in [-0.3, -0.25) is 0 Å². The van der Waals surface area contributed by atoms with Crippen molar-refractivity contribution in [2.24, 2.45) is 0 Å². The Morgan fingerprint density at radius 3 is 2.76 bits per heavy atom. The van der Waals surface area contributed by atoms with Gasteiger partial charge in [0.2, 0.25) is 0 Å². The van der Waals surface area contributed by atoms with E-state index in [1.807, 2.05) is 6.20 Å². The van der Waals surface area contributed by atoms with Crippen LogP contribution in [0.3, 0.4) is 0 Å². The molecule has 0 bridgehead atoms. The molecule has 90 valence electrons. The lowest BCUT2D eigenvalue weighted by atomic mass is 10.1. The Morgan fingerprint density at radius 1 is 1.35 bits per heavy atom. The van der Waals surface area contributed by atoms with Gasteiger partial charge in [-0.25, -0.2) is 4.68 Å². The lowest BCUT2D eigenvalue weighted by Crippen LogP contribution is -2.00. The van der Waals surface area contributed by atoms with E-state index in [-0.39, 0.29) is 0 Å². The molecule has 0 aliphatic heterocycles. The number of benzene rings is 1. The van der Waals surface area contributed by atoms with Crippen LogP contribution in [0.15, 0.2) is 22.8 Å². The minimum Gasteiger partial charge on any atom is -0.219 e. The van der Waals surface area contributed by atoms with Crippen molar-refractivity contribution in [3.05, 3.63) is 39.6 Å². The molecule has 0 aliphatic carbocycles. The van der Waals surface area contributed by atoms with Crippen LogP contribution in [-0.4, -0.2) is 20.9 Å². The van der Waals surface area contributed by atoms with Gasteiger partial charge in [-0.15, -0.1) is 16.7 Å². The molecular weight excluding hydrogens is 302 g/mol. The van der Waals surface area contributed by atoms with Gasteiger partial charge < -0.3 is 0 Å². The summed E-state index contributed by atoms with van der Waals surface area (Å²) in [6, 6.07) is 4.20. The predicted octanol–water partition coefficient (Wildman–Crippen LogP) is 3.43. The number of rotatable bonds is 3. The van der Waals surface area contributed by atoms with Crippen LogP contribution in [0, 0.1) is 13.8 Å². The summed E-state index contributed by atoms with van der Waals surface area (Å²) >= 11 is 9.26. The minimum atomic E-state index is 0.562. The van der Waals surface area contributed by atoms with Crippen LogP contribution >= 0.6 is 27.5 Å². The molecule has 0 fully saturated rings. The highest BCUT2D eigenvalue weighted by molar-refractivity contribution is 9.10. The first kappa shape index (κ1) is 12.6. The molecule has 17 heavy (non-hydrogen) atoms. The third-order valence-electron chi connectivity index (χ3n) is 2.52. The van der Waals surface area contributed by atoms with Crippen molar-refractivity contribution in [3.8, 4) is 5.69 Å². The predicted molar refractivity (Wildman–Crippen MR) is 73.0 cm³/mol. The molecule has 0 amide bonds. The summed E-state index contributed by atoms with van der Waals surface area (Å²) in [5, 5.41) is 8.23. The lowest BCUT2D eigenvalue weighted by molar-refractivity contribution is 0.790. The number of hydrogen-bond donors (Lipinski definition) is 0. The zero-order valence-corrected chi connectivity index (χ0v) is 12.1. The maximum Gasteiger partial charge on any atom is 0.0843 e. The second kappa shape index (κ2) is 5.19. The van der Waals surface area contributed by atoms with Gasteiger partial charge in [0, 0.05) is 16.8 Å². The first-order chi connectivity index (χ1) is 8.11. The van der Waals surface area contributed by atoms with Gasteiger partial charge >= 0.3 is 0 Å². The first-order valence-electron chi connectivity index (χ1n) is 5.36. The third-order valence-corrected chi connectivity index (χ3v) is 3.31. The third kappa shape index (κ3) is 2.69. The van der Waals surface area contributed by atoms with Crippen molar-refractivity contribution in [2.75, 3.05) is 5.88 Å². The van der Waals surface area contributed by atoms with Crippen LogP contribution in [0.4, 0.5) is 0 Å². The number of aryl methyl sites for hydroxylation is 3. The fraction of sp³-hybridized carbons (Fsp3) is 0.333. The molecule has 3 nitrogen and oxygen atoms in total. The highest BCUT2D eigenvalue weighted by Crippen LogP contribution is 2.25. The molecule has 0 saturated carbocycles. The Hall–Kier alpha value is -0.870. The Labute approximate surface area is 114 Å². The Balaban J connectivity index is 2.45. The van der Waals surface area contributed by atoms with Gasteiger partial charge in [-0.05, 0) is 47.0 Å². The monoisotopic (exact) mass is 313 g/mol. The normalized spacial score (nSPS) is 10.8. The number of alkyl halides is 1. The molecule has 1 aromatic heterocycles. The van der Waals surface area contributed by atoms with Crippen LogP contribution in [-0.2, 0) is 6.42 Å². The molecule has 0 N–H and O–H groups in total. The van der Waals surface area contributed by atoms with Crippen molar-refractivity contribution in [1.82, 2.24) is 15.0 Å². The second-order valence-corrected chi connectivity index (χ2v) is 5.24. The molecule has 0 radical (unpaired) electrons. The Bertz CT molecular complexity index is 513. The van der Waals surface area contributed by atoms with Gasteiger partial charge in [0.05, 0.1) is 17.6 Å². The molecule has 0 saturated heterocycles. The van der Waals surface area contributed by atoms with Crippen LogP contribution in [0.25, 0.3) is 5.69 Å². The molecule has 1 aromatic carbocycles. The summed E-state index contributed by atoms with van der Waals surface area (Å²) in [7, 11) is 0. The first-order valence-corrected chi connectivity index (χ1v) is 6.69. The standard InChI is InChI=1S/C12H13BrClN3/c1-8-5-9(2)12(11(13)6-8)17-7-10(3-4-14)15-16-17/h5-7H,3-4H2,1-2H3. The van der Waals surface area contributed by atoms with Crippen LogP contribution in [0.1, 0.15) is 16.8 Å². The lowest BCUT2D eigenvalue weighted by Gasteiger charge is -2.08. The fourth-order valence-electron chi connectivity index (χ4n) is 1.82. The van der Waals surface area contributed by atoms with E-state index < -0.39 is 0 Å². The molecule has 0 atom stereocenters. The summed E-state index contributed by atoms with van der Waals surface area (Å²) in [6.07, 6.45) is 2.66. The average molecular weight is 315 g/mol. The van der Waals surface area contributed by atoms with Crippen LogP contribution in [0.2, 0.25) is 0 Å². The number of hydrogen-bond acceptors (Lipinski definition) is 2. The zero-order chi connectivity index (χ0) is 12.4. The second-order valence-electron chi connectivity index (χ2n) is 4.01. The molecule has 0 aliphatic rings. The molecule has 1 heterocycles. The van der Waals surface area contributed by atoms with E-state index in [1.54, 1.807) is 4.68 Å². The Morgan fingerprint density at radius 2 is 2.12 bits per heavy atom. The van der Waals surface area contributed by atoms with Crippen LogP contribution < -0.4 is 0 Å². The van der Waals surface area contributed by atoms with Crippen molar-refractivity contribution >= 4 is 27.5 Å². The van der Waals surface area contributed by atoms with E-state index in [0.717, 1.165) is 22.3 Å². The van der Waals surface area contributed by atoms with Gasteiger partial charge in [0.15, 0.2) is 0 Å². The quantitative estimate of drug-likeness (QED) is 0.813. The van der Waals surface area contributed by atoms with E-state index in [1.165, 1.54) is 11.1 Å². The van der Waals surface area contributed by atoms with Gasteiger partial charge in [-0.2, -0.15) is 0 Å². The maximum absolute atomic E-state index is 5.69. The SMILES string of the molecule is Cc1cc(C)c(-n2cc(CCCl)nn2)c(Br)c1. The molecule has 0 spiro atoms. The topological polar surface area (TPSA) is 30.7 Å². The number of halogens is 2. The molecule has 0 unspecified atom stereocenters. The highest BCUT2D eigenvalue weighted by Gasteiger charge is 2.09. The number of nitrogens with zero attached hydrogens (tertiary/aromatic N) is 3. The van der Waals surface area contributed by atoms with E-state index in [0.29, 0.717) is 5.88 Å². The summed E-state index contributed by atoms with van der Waals surface area (Å²) < 4.78 is 2.82. The molecule has 2 aromatic rings. The van der Waals surface area contributed by atoms with Crippen molar-refractivity contribution in [3.63, 3.8) is 0 Å². The smallest absolute Gasteiger partial charge is 0.0843 e. The summed E-state index contributed by atoms with van der Waals surface area (Å²) in [5.74, 6) is 0.562. The van der Waals surface area contributed by atoms with Crippen molar-refractivity contribution in [2.45, 2.75) is 20.3 Å². The van der Waals surface area contributed by atoms with Gasteiger partial charge in [0.25, 0.3) is 0 Å². The Kier molecular flexibility index (Phi) is 3.84. The average Bonchev–Trinajstić information content (AvgIpc) is 2.65. The van der Waals surface area contributed by atoms with Crippen molar-refractivity contribution < 1.29 is 0 Å². The highest BCUT2D eigenvalue weighted by atomic mass is 79.9. The molecule has 2 rings (SSSR count).